The van der Waals surface area contributed by atoms with Crippen LogP contribution in [-0.2, 0) is 7.05 Å². The van der Waals surface area contributed by atoms with Crippen molar-refractivity contribution < 1.29 is 9.21 Å². The number of aryl methyl sites for hydroxylation is 2. The molecule has 1 unspecified atom stereocenters. The van der Waals surface area contributed by atoms with E-state index in [9.17, 15) is 9.59 Å². The average molecular weight is 401 g/mol. The fourth-order valence-corrected chi connectivity index (χ4v) is 3.91. The molecular weight excluding hydrogens is 378 g/mol. The first kappa shape index (κ1) is 19.6. The molecule has 0 aliphatic carbocycles. The number of furan rings is 1. The predicted octanol–water partition coefficient (Wildman–Crippen LogP) is 3.79. The molecule has 2 aromatic carbocycles. The summed E-state index contributed by atoms with van der Waals surface area (Å²) in [7, 11) is 1.60. The van der Waals surface area contributed by atoms with Crippen molar-refractivity contribution in [2.24, 2.45) is 7.05 Å². The number of carbonyl (C=O) groups excluding carboxylic acids is 1. The molecule has 2 aromatic heterocycles. The quantitative estimate of drug-likeness (QED) is 0.552. The summed E-state index contributed by atoms with van der Waals surface area (Å²) in [6, 6.07) is 19.9. The number of nitrogens with zero attached hydrogens (tertiary/aromatic N) is 2. The lowest BCUT2D eigenvalue weighted by Gasteiger charge is -2.26. The van der Waals surface area contributed by atoms with E-state index in [1.54, 1.807) is 14.0 Å². The largest absolute Gasteiger partial charge is 0.442 e. The minimum Gasteiger partial charge on any atom is -0.442 e. The van der Waals surface area contributed by atoms with E-state index in [0.29, 0.717) is 5.76 Å². The van der Waals surface area contributed by atoms with Crippen molar-refractivity contribution in [3.05, 3.63) is 99.8 Å². The highest BCUT2D eigenvalue weighted by atomic mass is 16.3. The number of hydrogen-bond donors (Lipinski definition) is 1. The van der Waals surface area contributed by atoms with Gasteiger partial charge in [0.05, 0.1) is 5.56 Å². The van der Waals surface area contributed by atoms with Gasteiger partial charge in [-0.1, -0.05) is 60.7 Å². The summed E-state index contributed by atoms with van der Waals surface area (Å²) in [5.74, 6) is -0.0158. The van der Waals surface area contributed by atoms with Gasteiger partial charge in [0.25, 0.3) is 11.5 Å². The van der Waals surface area contributed by atoms with Crippen molar-refractivity contribution in [3.63, 3.8) is 0 Å². The first-order valence-electron chi connectivity index (χ1n) is 9.83. The molecule has 152 valence electrons. The molecule has 0 fully saturated rings. The standard InChI is InChI=1S/C24H23N3O3/c1-15(19(17-10-6-4-7-11-17)18-12-8-5-9-13-18)26-22(28)20-16(2)30-23-21(20)24(29)27(3)14-25-23/h4-15,19H,1-3H3,(H,26,28). The minimum absolute atomic E-state index is 0.0456. The summed E-state index contributed by atoms with van der Waals surface area (Å²) >= 11 is 0. The zero-order valence-corrected chi connectivity index (χ0v) is 17.1. The van der Waals surface area contributed by atoms with Crippen LogP contribution >= 0.6 is 0 Å². The van der Waals surface area contributed by atoms with Crippen LogP contribution in [0.25, 0.3) is 11.1 Å². The molecule has 0 aliphatic rings. The van der Waals surface area contributed by atoms with Crippen molar-refractivity contribution in [2.45, 2.75) is 25.8 Å². The molecule has 1 N–H and O–H groups in total. The Morgan fingerprint density at radius 3 is 2.17 bits per heavy atom. The van der Waals surface area contributed by atoms with E-state index in [1.807, 2.05) is 43.3 Å². The van der Waals surface area contributed by atoms with E-state index in [4.69, 9.17) is 4.42 Å². The Balaban J connectivity index is 1.72. The number of hydrogen-bond acceptors (Lipinski definition) is 4. The molecule has 0 radical (unpaired) electrons. The number of amides is 1. The van der Waals surface area contributed by atoms with Gasteiger partial charge in [-0.05, 0) is 25.0 Å². The Labute approximate surface area is 174 Å². The van der Waals surface area contributed by atoms with Gasteiger partial charge in [0.2, 0.25) is 5.71 Å². The molecule has 2 heterocycles. The van der Waals surface area contributed by atoms with Gasteiger partial charge in [0, 0.05) is 19.0 Å². The van der Waals surface area contributed by atoms with Crippen LogP contribution in [0.5, 0.6) is 0 Å². The van der Waals surface area contributed by atoms with E-state index in [0.717, 1.165) is 11.1 Å². The van der Waals surface area contributed by atoms with Crippen LogP contribution in [-0.4, -0.2) is 21.5 Å². The zero-order valence-electron chi connectivity index (χ0n) is 17.1. The molecule has 0 saturated heterocycles. The highest BCUT2D eigenvalue weighted by Gasteiger charge is 2.27. The molecule has 4 rings (SSSR count). The molecular formula is C24H23N3O3. The lowest BCUT2D eigenvalue weighted by Crippen LogP contribution is -2.38. The van der Waals surface area contributed by atoms with E-state index in [1.165, 1.54) is 10.9 Å². The lowest BCUT2D eigenvalue weighted by atomic mass is 9.85. The first-order valence-corrected chi connectivity index (χ1v) is 9.83. The normalized spacial score (nSPS) is 12.3. The van der Waals surface area contributed by atoms with Crippen molar-refractivity contribution in [3.8, 4) is 0 Å². The van der Waals surface area contributed by atoms with Gasteiger partial charge in [-0.15, -0.1) is 0 Å². The maximum atomic E-state index is 13.2. The van der Waals surface area contributed by atoms with E-state index in [-0.39, 0.29) is 40.1 Å². The topological polar surface area (TPSA) is 77.1 Å². The smallest absolute Gasteiger partial charge is 0.265 e. The van der Waals surface area contributed by atoms with Gasteiger partial charge in [0.15, 0.2) is 0 Å². The average Bonchev–Trinajstić information content (AvgIpc) is 3.09. The second-order valence-electron chi connectivity index (χ2n) is 7.44. The number of carbonyl (C=O) groups is 1. The third-order valence-corrected chi connectivity index (χ3v) is 5.35. The van der Waals surface area contributed by atoms with Crippen molar-refractivity contribution in [1.29, 1.82) is 0 Å². The van der Waals surface area contributed by atoms with Gasteiger partial charge in [-0.2, -0.15) is 0 Å². The highest BCUT2D eigenvalue weighted by Crippen LogP contribution is 2.29. The van der Waals surface area contributed by atoms with Gasteiger partial charge in [-0.25, -0.2) is 4.98 Å². The van der Waals surface area contributed by atoms with E-state index in [2.05, 4.69) is 34.6 Å². The Kier molecular flexibility index (Phi) is 5.23. The summed E-state index contributed by atoms with van der Waals surface area (Å²) in [5, 5.41) is 3.29. The number of benzene rings is 2. The summed E-state index contributed by atoms with van der Waals surface area (Å²) in [6.45, 7) is 3.64. The minimum atomic E-state index is -0.347. The fourth-order valence-electron chi connectivity index (χ4n) is 3.91. The third-order valence-electron chi connectivity index (χ3n) is 5.35. The first-order chi connectivity index (χ1) is 14.5. The van der Waals surface area contributed by atoms with Crippen LogP contribution in [0.1, 0.15) is 40.1 Å². The van der Waals surface area contributed by atoms with Gasteiger partial charge in [-0.3, -0.25) is 9.59 Å². The van der Waals surface area contributed by atoms with Crippen LogP contribution < -0.4 is 10.9 Å². The van der Waals surface area contributed by atoms with Crippen LogP contribution in [0.15, 0.2) is 76.2 Å². The summed E-state index contributed by atoms with van der Waals surface area (Å²) < 4.78 is 6.92. The Bertz CT molecular complexity index is 1200. The van der Waals surface area contributed by atoms with E-state index < -0.39 is 0 Å². The molecule has 0 spiro atoms. The third kappa shape index (κ3) is 3.52. The Morgan fingerprint density at radius 2 is 1.60 bits per heavy atom. The summed E-state index contributed by atoms with van der Waals surface area (Å²) in [4.78, 5) is 30.0. The summed E-state index contributed by atoms with van der Waals surface area (Å²) in [6.07, 6.45) is 1.39. The molecule has 0 aliphatic heterocycles. The molecule has 6 nitrogen and oxygen atoms in total. The van der Waals surface area contributed by atoms with Crippen LogP contribution in [0.2, 0.25) is 0 Å². The number of fused-ring (bicyclic) bond motifs is 1. The molecule has 1 atom stereocenters. The monoisotopic (exact) mass is 401 g/mol. The second-order valence-corrected chi connectivity index (χ2v) is 7.44. The fraction of sp³-hybridized carbons (Fsp3) is 0.208. The Hall–Kier alpha value is -3.67. The number of aromatic nitrogens is 2. The van der Waals surface area contributed by atoms with Crippen LogP contribution in [0, 0.1) is 6.92 Å². The second kappa shape index (κ2) is 7.99. The molecule has 0 bridgehead atoms. The SMILES string of the molecule is Cc1oc2ncn(C)c(=O)c2c1C(=O)NC(C)C(c1ccccc1)c1ccccc1. The van der Waals surface area contributed by atoms with Crippen LogP contribution in [0.3, 0.4) is 0 Å². The summed E-state index contributed by atoms with van der Waals surface area (Å²) in [5.41, 5.74) is 2.31. The van der Waals surface area contributed by atoms with Crippen molar-refractivity contribution in [2.75, 3.05) is 0 Å². The van der Waals surface area contributed by atoms with Crippen molar-refractivity contribution >= 4 is 17.0 Å². The van der Waals surface area contributed by atoms with Crippen molar-refractivity contribution in [1.82, 2.24) is 14.9 Å². The molecule has 6 heteroatoms. The maximum Gasteiger partial charge on any atom is 0.265 e. The molecule has 30 heavy (non-hydrogen) atoms. The highest BCUT2D eigenvalue weighted by molar-refractivity contribution is 6.06. The van der Waals surface area contributed by atoms with Crippen LogP contribution in [0.4, 0.5) is 0 Å². The molecule has 4 aromatic rings. The molecule has 0 saturated carbocycles. The van der Waals surface area contributed by atoms with E-state index >= 15 is 0 Å². The predicted molar refractivity (Wildman–Crippen MR) is 116 cm³/mol. The van der Waals surface area contributed by atoms with Gasteiger partial charge in [0.1, 0.15) is 17.5 Å². The molecule has 1 amide bonds. The number of rotatable bonds is 5. The Morgan fingerprint density at radius 1 is 1.03 bits per heavy atom. The number of nitrogens with one attached hydrogen (secondary N) is 1. The maximum absolute atomic E-state index is 13.2. The van der Waals surface area contributed by atoms with Gasteiger partial charge >= 0.3 is 0 Å². The lowest BCUT2D eigenvalue weighted by molar-refractivity contribution is 0.0937. The van der Waals surface area contributed by atoms with Gasteiger partial charge < -0.3 is 14.3 Å². The zero-order chi connectivity index (χ0) is 21.3.